The van der Waals surface area contributed by atoms with Crippen LogP contribution in [0.1, 0.15) is 56.3 Å². The number of rotatable bonds is 8. The van der Waals surface area contributed by atoms with Gasteiger partial charge in [-0.2, -0.15) is 0 Å². The van der Waals surface area contributed by atoms with Crippen LogP contribution in [0.15, 0.2) is 42.5 Å². The van der Waals surface area contributed by atoms with Crippen LogP contribution < -0.4 is 25.4 Å². The van der Waals surface area contributed by atoms with Gasteiger partial charge in [-0.05, 0) is 62.2 Å². The Hall–Kier alpha value is -3.99. The second-order valence-corrected chi connectivity index (χ2v) is 11.3. The molecule has 11 heteroatoms. The highest BCUT2D eigenvalue weighted by molar-refractivity contribution is 6.02. The van der Waals surface area contributed by atoms with Gasteiger partial charge in [-0.1, -0.05) is 26.2 Å². The zero-order valence-corrected chi connectivity index (χ0v) is 24.9. The number of carbonyl (C=O) groups excluding carboxylic acids is 3. The number of ether oxygens (including phenoxy) is 2. The number of carbonyl (C=O) groups is 3. The molecule has 1 aliphatic carbocycles. The Labute approximate surface area is 247 Å². The van der Waals surface area contributed by atoms with Gasteiger partial charge >= 0.3 is 12.1 Å². The Bertz CT molecular complexity index is 1230. The smallest absolute Gasteiger partial charge is 0.323 e. The van der Waals surface area contributed by atoms with E-state index in [1.165, 1.54) is 6.42 Å². The van der Waals surface area contributed by atoms with Crippen molar-refractivity contribution in [3.05, 3.63) is 48.0 Å². The summed E-state index contributed by atoms with van der Waals surface area (Å²) in [6.45, 7) is 4.21. The van der Waals surface area contributed by atoms with Crippen molar-refractivity contribution in [1.29, 1.82) is 0 Å². The van der Waals surface area contributed by atoms with Gasteiger partial charge in [-0.15, -0.1) is 0 Å². The molecule has 42 heavy (non-hydrogen) atoms. The van der Waals surface area contributed by atoms with E-state index in [0.717, 1.165) is 25.7 Å². The predicted octanol–water partition coefficient (Wildman–Crippen LogP) is 4.53. The number of methoxy groups -OCH3 is 1. The lowest BCUT2D eigenvalue weighted by Gasteiger charge is -2.38. The van der Waals surface area contributed by atoms with Crippen molar-refractivity contribution in [2.45, 2.75) is 64.1 Å². The fourth-order valence-corrected chi connectivity index (χ4v) is 5.37. The molecular weight excluding hydrogens is 538 g/mol. The number of hydrogen-bond acceptors (Lipinski definition) is 6. The zero-order chi connectivity index (χ0) is 30.2. The van der Waals surface area contributed by atoms with E-state index in [0.29, 0.717) is 36.0 Å². The van der Waals surface area contributed by atoms with Gasteiger partial charge in [0.15, 0.2) is 0 Å². The number of urea groups is 2. The van der Waals surface area contributed by atoms with Crippen molar-refractivity contribution >= 4 is 29.3 Å². The monoisotopic (exact) mass is 581 g/mol. The Morgan fingerprint density at radius 2 is 1.76 bits per heavy atom. The number of amides is 5. The Morgan fingerprint density at radius 3 is 2.43 bits per heavy atom. The van der Waals surface area contributed by atoms with E-state index in [1.807, 2.05) is 6.92 Å². The third kappa shape index (κ3) is 7.84. The molecule has 2 aliphatic rings. The number of hydrogen-bond donors (Lipinski definition) is 4. The maximum Gasteiger partial charge on any atom is 0.323 e. The van der Waals surface area contributed by atoms with Crippen molar-refractivity contribution in [2.24, 2.45) is 5.92 Å². The molecule has 228 valence electrons. The molecule has 3 atom stereocenters. The van der Waals surface area contributed by atoms with Crippen LogP contribution in [0.25, 0.3) is 0 Å². The van der Waals surface area contributed by atoms with Gasteiger partial charge in [0.2, 0.25) is 0 Å². The van der Waals surface area contributed by atoms with Crippen LogP contribution in [0, 0.1) is 5.92 Å². The molecule has 0 bridgehead atoms. The maximum absolute atomic E-state index is 13.7. The Kier molecular flexibility index (Phi) is 10.5. The lowest BCUT2D eigenvalue weighted by atomic mass is 9.96. The average molecular weight is 582 g/mol. The third-order valence-electron chi connectivity index (χ3n) is 8.00. The van der Waals surface area contributed by atoms with Crippen LogP contribution in [0.2, 0.25) is 0 Å². The first-order valence-electron chi connectivity index (χ1n) is 14.6. The molecule has 11 nitrogen and oxygen atoms in total. The first kappa shape index (κ1) is 31.0. The molecular formula is C31H43N5O6. The molecule has 4 rings (SSSR count). The third-order valence-corrected chi connectivity index (χ3v) is 8.00. The van der Waals surface area contributed by atoms with E-state index < -0.39 is 18.2 Å². The average Bonchev–Trinajstić information content (AvgIpc) is 2.99. The van der Waals surface area contributed by atoms with Crippen LogP contribution in [0.5, 0.6) is 11.5 Å². The Morgan fingerprint density at radius 1 is 1.10 bits per heavy atom. The normalized spacial score (nSPS) is 19.8. The number of nitrogens with zero attached hydrogens (tertiary/aromatic N) is 2. The second kappa shape index (κ2) is 14.3. The van der Waals surface area contributed by atoms with Crippen LogP contribution in [0.4, 0.5) is 21.0 Å². The molecule has 0 aromatic heterocycles. The molecule has 0 spiro atoms. The SMILES string of the molecule is COc1ccc(NC(=O)Nc2ccc3c(c2)C(=O)N([C@H](C)CO)C[C@H](C)[C@H](CN(C)C(=O)NC2CCCCC2)O3)cc1. The van der Waals surface area contributed by atoms with Crippen molar-refractivity contribution in [3.63, 3.8) is 0 Å². The fourth-order valence-electron chi connectivity index (χ4n) is 5.37. The second-order valence-electron chi connectivity index (χ2n) is 11.3. The molecule has 2 aromatic carbocycles. The topological polar surface area (TPSA) is 132 Å². The molecule has 2 aromatic rings. The summed E-state index contributed by atoms with van der Waals surface area (Å²) in [6.07, 6.45) is 5.04. The summed E-state index contributed by atoms with van der Waals surface area (Å²) in [5.41, 5.74) is 1.25. The molecule has 1 saturated carbocycles. The summed E-state index contributed by atoms with van der Waals surface area (Å²) in [6, 6.07) is 11.0. The van der Waals surface area contributed by atoms with Gasteiger partial charge in [0.25, 0.3) is 5.91 Å². The van der Waals surface area contributed by atoms with E-state index >= 15 is 0 Å². The first-order chi connectivity index (χ1) is 20.2. The summed E-state index contributed by atoms with van der Waals surface area (Å²) in [5.74, 6) is 0.592. The highest BCUT2D eigenvalue weighted by atomic mass is 16.5. The molecule has 0 radical (unpaired) electrons. The van der Waals surface area contributed by atoms with Gasteiger partial charge in [-0.3, -0.25) is 4.79 Å². The minimum atomic E-state index is -0.475. The van der Waals surface area contributed by atoms with Crippen LogP contribution in [0.3, 0.4) is 0 Å². The number of nitrogens with one attached hydrogen (secondary N) is 3. The number of benzene rings is 2. The maximum atomic E-state index is 13.7. The fraction of sp³-hybridized carbons (Fsp3) is 0.516. The Balaban J connectivity index is 1.51. The highest BCUT2D eigenvalue weighted by Gasteiger charge is 2.34. The predicted molar refractivity (Wildman–Crippen MR) is 161 cm³/mol. The van der Waals surface area contributed by atoms with Gasteiger partial charge in [0.05, 0.1) is 31.9 Å². The number of aliphatic hydroxyl groups excluding tert-OH is 1. The zero-order valence-electron chi connectivity index (χ0n) is 24.9. The quantitative estimate of drug-likeness (QED) is 0.362. The summed E-state index contributed by atoms with van der Waals surface area (Å²) in [7, 11) is 3.32. The molecule has 1 aliphatic heterocycles. The van der Waals surface area contributed by atoms with Crippen LogP contribution in [-0.2, 0) is 0 Å². The molecule has 4 N–H and O–H groups in total. The van der Waals surface area contributed by atoms with E-state index in [-0.39, 0.29) is 36.1 Å². The largest absolute Gasteiger partial charge is 0.497 e. The van der Waals surface area contributed by atoms with Crippen molar-refractivity contribution in [3.8, 4) is 11.5 Å². The van der Waals surface area contributed by atoms with E-state index in [9.17, 15) is 19.5 Å². The van der Waals surface area contributed by atoms with Crippen molar-refractivity contribution in [1.82, 2.24) is 15.1 Å². The van der Waals surface area contributed by atoms with Crippen LogP contribution >= 0.6 is 0 Å². The van der Waals surface area contributed by atoms with E-state index in [1.54, 1.807) is 73.3 Å². The van der Waals surface area contributed by atoms with Crippen molar-refractivity contribution in [2.75, 3.05) is 44.5 Å². The number of aliphatic hydroxyl groups is 1. The van der Waals surface area contributed by atoms with Gasteiger partial charge in [-0.25, -0.2) is 9.59 Å². The summed E-state index contributed by atoms with van der Waals surface area (Å²) in [5, 5.41) is 18.6. The number of fused-ring (bicyclic) bond motifs is 1. The van der Waals surface area contributed by atoms with Crippen molar-refractivity contribution < 1.29 is 29.0 Å². The van der Waals surface area contributed by atoms with E-state index in [2.05, 4.69) is 16.0 Å². The van der Waals surface area contributed by atoms with Gasteiger partial charge < -0.3 is 40.3 Å². The van der Waals surface area contributed by atoms with Gasteiger partial charge in [0, 0.05) is 36.9 Å². The molecule has 1 heterocycles. The molecule has 0 unspecified atom stereocenters. The lowest BCUT2D eigenvalue weighted by molar-refractivity contribution is 0.0366. The summed E-state index contributed by atoms with van der Waals surface area (Å²) in [4.78, 5) is 42.6. The summed E-state index contributed by atoms with van der Waals surface area (Å²) < 4.78 is 11.5. The number of likely N-dealkylation sites (N-methyl/N-ethyl adjacent to an activating group) is 1. The van der Waals surface area contributed by atoms with Gasteiger partial charge in [0.1, 0.15) is 17.6 Å². The molecule has 5 amide bonds. The number of anilines is 2. The summed E-state index contributed by atoms with van der Waals surface area (Å²) >= 11 is 0. The van der Waals surface area contributed by atoms with E-state index in [4.69, 9.17) is 9.47 Å². The standard InChI is InChI=1S/C31H43N5O6/c1-20-17-36(21(2)19-37)29(38)26-16-24(33-30(39)32-23-10-13-25(41-4)14-11-23)12-15-27(26)42-28(20)18-35(3)31(40)34-22-8-6-5-7-9-22/h10-16,20-22,28,37H,5-9,17-19H2,1-4H3,(H,34,40)(H2,32,33,39)/t20-,21+,28-/m0/s1. The lowest BCUT2D eigenvalue weighted by Crippen LogP contribution is -2.52. The molecule has 1 fully saturated rings. The minimum absolute atomic E-state index is 0.130. The first-order valence-corrected chi connectivity index (χ1v) is 14.6. The van der Waals surface area contributed by atoms with Crippen LogP contribution in [-0.4, -0.2) is 84.9 Å². The minimum Gasteiger partial charge on any atom is -0.497 e. The molecule has 0 saturated heterocycles. The highest BCUT2D eigenvalue weighted by Crippen LogP contribution is 2.31.